The summed E-state index contributed by atoms with van der Waals surface area (Å²) in [5.74, 6) is -3.20. The summed E-state index contributed by atoms with van der Waals surface area (Å²) >= 11 is 8.38. The van der Waals surface area contributed by atoms with E-state index in [9.17, 15) is 13.9 Å². The quantitative estimate of drug-likeness (QED) is 0.240. The first-order valence-electron chi connectivity index (χ1n) is 9.61. The van der Waals surface area contributed by atoms with E-state index in [1.807, 2.05) is 42.5 Å². The molecule has 0 saturated carbocycles. The van der Waals surface area contributed by atoms with E-state index in [0.717, 1.165) is 38.0 Å². The summed E-state index contributed by atoms with van der Waals surface area (Å²) in [4.78, 5) is 4.67. The minimum Gasteiger partial charge on any atom is -0.503 e. The van der Waals surface area contributed by atoms with Crippen molar-refractivity contribution in [1.29, 1.82) is 0 Å². The fourth-order valence-corrected chi connectivity index (χ4v) is 4.47. The molecule has 0 atom stereocenters. The van der Waals surface area contributed by atoms with Gasteiger partial charge in [0, 0.05) is 37.5 Å². The zero-order valence-corrected chi connectivity index (χ0v) is 19.5. The van der Waals surface area contributed by atoms with Crippen LogP contribution in [0, 0.1) is 15.2 Å². The van der Waals surface area contributed by atoms with Crippen LogP contribution in [0.25, 0.3) is 28.0 Å². The zero-order chi connectivity index (χ0) is 23.1. The van der Waals surface area contributed by atoms with Gasteiger partial charge in [0.25, 0.3) is 0 Å². The lowest BCUT2D eigenvalue weighted by molar-refractivity contribution is 0.395. The van der Waals surface area contributed by atoms with Gasteiger partial charge < -0.3 is 10.4 Å². The van der Waals surface area contributed by atoms with Crippen molar-refractivity contribution >= 4 is 56.5 Å². The second-order valence-corrected chi connectivity index (χ2v) is 8.84. The lowest BCUT2D eigenvalue weighted by Crippen LogP contribution is -1.97. The van der Waals surface area contributed by atoms with Crippen LogP contribution in [0.3, 0.4) is 0 Å². The number of aromatic hydroxyl groups is 1. The molecule has 0 unspecified atom stereocenters. The molecular formula is C23H13ClF2IN5O. The molecule has 10 heteroatoms. The summed E-state index contributed by atoms with van der Waals surface area (Å²) in [5, 5.41) is 22.2. The molecule has 0 bridgehead atoms. The van der Waals surface area contributed by atoms with Crippen molar-refractivity contribution in [3.63, 3.8) is 0 Å². The Hall–Kier alpha value is -3.31. The van der Waals surface area contributed by atoms with Crippen molar-refractivity contribution in [3.05, 3.63) is 87.1 Å². The summed E-state index contributed by atoms with van der Waals surface area (Å²) in [6, 6.07) is 17.1. The molecule has 0 aliphatic carbocycles. The Labute approximate surface area is 205 Å². The number of hydrogen-bond acceptors (Lipinski definition) is 5. The van der Waals surface area contributed by atoms with Crippen LogP contribution in [0.15, 0.2) is 66.9 Å². The predicted octanol–water partition coefficient (Wildman–Crippen LogP) is 6.47. The van der Waals surface area contributed by atoms with E-state index in [1.165, 1.54) is 10.9 Å². The highest BCUT2D eigenvalue weighted by molar-refractivity contribution is 14.1. The number of phenolic OH excluding ortho intramolecular Hbond substituents is 1. The molecule has 3 aromatic carbocycles. The first-order valence-corrected chi connectivity index (χ1v) is 11.1. The first kappa shape index (κ1) is 21.5. The maximum Gasteiger partial charge on any atom is 0.187 e. The van der Waals surface area contributed by atoms with Gasteiger partial charge in [-0.15, -0.1) is 5.10 Å². The molecule has 0 spiro atoms. The van der Waals surface area contributed by atoms with Crippen molar-refractivity contribution in [2.24, 2.45) is 0 Å². The Morgan fingerprint density at radius 1 is 0.970 bits per heavy atom. The van der Waals surface area contributed by atoms with Gasteiger partial charge in [0.05, 0.1) is 23.1 Å². The number of benzene rings is 3. The van der Waals surface area contributed by atoms with Crippen LogP contribution < -0.4 is 5.32 Å². The fourth-order valence-electron chi connectivity index (χ4n) is 3.38. The number of fused-ring (bicyclic) bond motifs is 1. The molecule has 164 valence electrons. The summed E-state index contributed by atoms with van der Waals surface area (Å²) in [7, 11) is 0. The largest absolute Gasteiger partial charge is 0.503 e. The van der Waals surface area contributed by atoms with Crippen LogP contribution in [-0.4, -0.2) is 25.1 Å². The predicted molar refractivity (Wildman–Crippen MR) is 131 cm³/mol. The van der Waals surface area contributed by atoms with Crippen molar-refractivity contribution in [1.82, 2.24) is 20.0 Å². The Bertz CT molecular complexity index is 1480. The van der Waals surface area contributed by atoms with Crippen LogP contribution in [0.2, 0.25) is 5.02 Å². The maximum atomic E-state index is 13.7. The third-order valence-electron chi connectivity index (χ3n) is 4.90. The number of phenols is 1. The van der Waals surface area contributed by atoms with E-state index >= 15 is 0 Å². The fraction of sp³-hybridized carbons (Fsp3) is 0. The van der Waals surface area contributed by atoms with E-state index in [-0.39, 0.29) is 5.69 Å². The highest BCUT2D eigenvalue weighted by Gasteiger charge is 2.14. The minimum absolute atomic E-state index is 0.0879. The number of halogens is 4. The molecule has 6 nitrogen and oxygen atoms in total. The monoisotopic (exact) mass is 575 g/mol. The van der Waals surface area contributed by atoms with E-state index < -0.39 is 17.4 Å². The number of hydrogen-bond donors (Lipinski definition) is 2. The second-order valence-electron chi connectivity index (χ2n) is 7.16. The lowest BCUT2D eigenvalue weighted by Gasteiger charge is -2.11. The number of nitrogens with zero attached hydrogens (tertiary/aromatic N) is 4. The summed E-state index contributed by atoms with van der Waals surface area (Å²) in [6.07, 6.45) is 1.51. The van der Waals surface area contributed by atoms with Gasteiger partial charge in [-0.1, -0.05) is 22.9 Å². The average Bonchev–Trinajstić information content (AvgIpc) is 3.27. The number of rotatable bonds is 4. The van der Waals surface area contributed by atoms with Crippen molar-refractivity contribution in [2.75, 3.05) is 5.32 Å². The molecule has 0 radical (unpaired) electrons. The third-order valence-corrected chi connectivity index (χ3v) is 5.74. The highest BCUT2D eigenvalue weighted by atomic mass is 127. The van der Waals surface area contributed by atoms with Gasteiger partial charge in [-0.05, 0) is 65.1 Å². The Morgan fingerprint density at radius 2 is 1.76 bits per heavy atom. The number of anilines is 2. The molecule has 2 heterocycles. The third kappa shape index (κ3) is 4.33. The minimum atomic E-state index is -1.08. The molecule has 0 amide bonds. The molecule has 2 aromatic heterocycles. The van der Waals surface area contributed by atoms with Gasteiger partial charge in [0.15, 0.2) is 17.4 Å². The molecule has 0 saturated heterocycles. The average molecular weight is 576 g/mol. The smallest absolute Gasteiger partial charge is 0.187 e. The molecule has 2 N–H and O–H groups in total. The Kier molecular flexibility index (Phi) is 5.59. The molecule has 0 aliphatic heterocycles. The SMILES string of the molecule is Oc1c(F)cc(-n2cc(-c3ccc4c(Nc5cc(Cl)cc(I)c5)cccc4n3)nn2)cc1F. The van der Waals surface area contributed by atoms with Gasteiger partial charge in [-0.2, -0.15) is 0 Å². The van der Waals surface area contributed by atoms with E-state index in [4.69, 9.17) is 11.6 Å². The highest BCUT2D eigenvalue weighted by Crippen LogP contribution is 2.30. The first-order chi connectivity index (χ1) is 15.9. The number of pyridine rings is 1. The van der Waals surface area contributed by atoms with Crippen LogP contribution in [0.4, 0.5) is 20.2 Å². The normalized spacial score (nSPS) is 11.2. The summed E-state index contributed by atoms with van der Waals surface area (Å²) in [5.41, 5.74) is 3.51. The lowest BCUT2D eigenvalue weighted by atomic mass is 10.1. The topological polar surface area (TPSA) is 75.9 Å². The van der Waals surface area contributed by atoms with Gasteiger partial charge in [0.1, 0.15) is 5.69 Å². The molecule has 33 heavy (non-hydrogen) atoms. The van der Waals surface area contributed by atoms with Crippen LogP contribution >= 0.6 is 34.2 Å². The van der Waals surface area contributed by atoms with Crippen LogP contribution in [0.1, 0.15) is 0 Å². The van der Waals surface area contributed by atoms with E-state index in [2.05, 4.69) is 43.2 Å². The van der Waals surface area contributed by atoms with Crippen molar-refractivity contribution in [3.8, 4) is 22.8 Å². The Morgan fingerprint density at radius 3 is 2.52 bits per heavy atom. The van der Waals surface area contributed by atoms with Gasteiger partial charge in [-0.3, -0.25) is 0 Å². The molecule has 0 aliphatic rings. The van der Waals surface area contributed by atoms with Gasteiger partial charge >= 0.3 is 0 Å². The van der Waals surface area contributed by atoms with E-state index in [0.29, 0.717) is 16.4 Å². The summed E-state index contributed by atoms with van der Waals surface area (Å²) in [6.45, 7) is 0. The summed E-state index contributed by atoms with van der Waals surface area (Å²) < 4.78 is 29.6. The standard InChI is InChI=1S/C23H13ClF2IN5O/c24-12-6-13(27)8-14(7-12)28-19-2-1-3-20-16(19)4-5-21(29-20)22-11-32(31-30-22)15-9-17(25)23(33)18(26)10-15/h1-11,28,33H. The second kappa shape index (κ2) is 8.56. The zero-order valence-electron chi connectivity index (χ0n) is 16.6. The van der Waals surface area contributed by atoms with Gasteiger partial charge in [0.2, 0.25) is 0 Å². The number of aromatic nitrogens is 4. The maximum absolute atomic E-state index is 13.7. The van der Waals surface area contributed by atoms with Crippen molar-refractivity contribution in [2.45, 2.75) is 0 Å². The van der Waals surface area contributed by atoms with Crippen LogP contribution in [0.5, 0.6) is 5.75 Å². The molecule has 5 rings (SSSR count). The van der Waals surface area contributed by atoms with E-state index in [1.54, 1.807) is 6.07 Å². The van der Waals surface area contributed by atoms with Gasteiger partial charge in [-0.25, -0.2) is 18.4 Å². The molecule has 5 aromatic rings. The molecular weight excluding hydrogens is 563 g/mol. The molecule has 0 fully saturated rings. The van der Waals surface area contributed by atoms with Crippen molar-refractivity contribution < 1.29 is 13.9 Å². The number of nitrogens with one attached hydrogen (secondary N) is 1. The van der Waals surface area contributed by atoms with Crippen LogP contribution in [-0.2, 0) is 0 Å². The Balaban J connectivity index is 1.48.